The monoisotopic (exact) mass is 172 g/mol. The SMILES string of the molecule is C=[PH](CC)PPP. The van der Waals surface area contributed by atoms with Crippen LogP contribution in [0, 0.1) is 0 Å². The summed E-state index contributed by atoms with van der Waals surface area (Å²) in [4.78, 5) is 0. The van der Waals surface area contributed by atoms with E-state index in [1.807, 2.05) is 0 Å². The highest BCUT2D eigenvalue weighted by Gasteiger charge is 1.81. The highest BCUT2D eigenvalue weighted by Crippen LogP contribution is 2.60. The summed E-state index contributed by atoms with van der Waals surface area (Å²) in [5.41, 5.74) is 0. The zero-order valence-corrected chi connectivity index (χ0v) is 8.65. The van der Waals surface area contributed by atoms with Crippen molar-refractivity contribution in [2.75, 3.05) is 6.16 Å². The van der Waals surface area contributed by atoms with Crippen LogP contribution in [0.4, 0.5) is 0 Å². The van der Waals surface area contributed by atoms with Crippen LogP contribution in [-0.4, -0.2) is 12.5 Å². The predicted molar refractivity (Wildman–Crippen MR) is 52.3 cm³/mol. The quantitative estimate of drug-likeness (QED) is 0.574. The molecule has 4 unspecified atom stereocenters. The van der Waals surface area contributed by atoms with E-state index >= 15 is 0 Å². The summed E-state index contributed by atoms with van der Waals surface area (Å²) in [5.74, 6) is 0. The molecule has 0 fully saturated rings. The van der Waals surface area contributed by atoms with Gasteiger partial charge >= 0.3 is 0 Å². The van der Waals surface area contributed by atoms with Gasteiger partial charge in [0.15, 0.2) is 0 Å². The molecule has 0 spiro atoms. The largest absolute Gasteiger partial charge is 0.110 e. The van der Waals surface area contributed by atoms with Gasteiger partial charge < -0.3 is 0 Å². The minimum Gasteiger partial charge on any atom is -0.110 e. The summed E-state index contributed by atoms with van der Waals surface area (Å²) in [5, 5.41) is 0. The van der Waals surface area contributed by atoms with E-state index in [9.17, 15) is 0 Å². The molecule has 0 aromatic carbocycles. The summed E-state index contributed by atoms with van der Waals surface area (Å²) in [7, 11) is 4.91. The third kappa shape index (κ3) is 5.46. The van der Waals surface area contributed by atoms with E-state index < -0.39 is 0 Å². The van der Waals surface area contributed by atoms with Gasteiger partial charge in [0.05, 0.1) is 0 Å². The summed E-state index contributed by atoms with van der Waals surface area (Å²) in [6, 6.07) is 0. The second-order valence-corrected chi connectivity index (χ2v) is 12.3. The van der Waals surface area contributed by atoms with E-state index in [1.165, 1.54) is 14.1 Å². The van der Waals surface area contributed by atoms with E-state index in [2.05, 4.69) is 22.2 Å². The molecule has 7 heavy (non-hydrogen) atoms. The number of hydrogen-bond acceptors (Lipinski definition) is 0. The maximum atomic E-state index is 4.05. The molecule has 0 bridgehead atoms. The third-order valence-electron chi connectivity index (χ3n) is 0.676. The molecule has 0 aromatic heterocycles. The predicted octanol–water partition coefficient (Wildman–Crippen LogP) is 2.63. The van der Waals surface area contributed by atoms with Crippen molar-refractivity contribution in [2.24, 2.45) is 0 Å². The van der Waals surface area contributed by atoms with Gasteiger partial charge in [0, 0.05) is 0 Å². The lowest BCUT2D eigenvalue weighted by molar-refractivity contribution is 1.53. The molecule has 0 nitrogen and oxygen atoms in total. The van der Waals surface area contributed by atoms with Gasteiger partial charge in [-0.05, 0) is 6.16 Å². The average molecular weight is 172 g/mol. The lowest BCUT2D eigenvalue weighted by atomic mass is 11.0. The average Bonchev–Trinajstić information content (AvgIpc) is 1.68. The van der Waals surface area contributed by atoms with Crippen molar-refractivity contribution in [2.45, 2.75) is 6.92 Å². The molecule has 0 saturated carbocycles. The maximum Gasteiger partial charge on any atom is -0.0349 e. The fraction of sp³-hybridized carbons (Fsp3) is 0.667. The first-order valence-corrected chi connectivity index (χ1v) is 9.93. The highest BCUT2D eigenvalue weighted by molar-refractivity contribution is 8.59. The molecule has 0 rings (SSSR count). The van der Waals surface area contributed by atoms with Gasteiger partial charge in [-0.1, -0.05) is 29.1 Å². The van der Waals surface area contributed by atoms with Crippen LogP contribution in [0.1, 0.15) is 6.92 Å². The smallest absolute Gasteiger partial charge is 0.0349 e. The first-order chi connectivity index (χ1) is 3.31. The molecule has 0 N–H and O–H groups in total. The van der Waals surface area contributed by atoms with Crippen molar-refractivity contribution < 1.29 is 0 Å². The highest BCUT2D eigenvalue weighted by atomic mass is 32.6. The zero-order chi connectivity index (χ0) is 5.70. The van der Waals surface area contributed by atoms with Crippen LogP contribution in [-0.2, 0) is 0 Å². The first kappa shape index (κ1) is 8.59. The molecule has 4 atom stereocenters. The Kier molecular flexibility index (Phi) is 7.02. The van der Waals surface area contributed by atoms with E-state index in [0.29, 0.717) is 0 Å². The van der Waals surface area contributed by atoms with E-state index in [4.69, 9.17) is 0 Å². The molecule has 0 aliphatic heterocycles. The van der Waals surface area contributed by atoms with Gasteiger partial charge in [0.25, 0.3) is 0 Å². The summed E-state index contributed by atoms with van der Waals surface area (Å²) in [6.07, 6.45) is 5.39. The molecule has 0 amide bonds. The molecule has 0 aliphatic carbocycles. The normalized spacial score (nSPS) is 17.4. The van der Waals surface area contributed by atoms with Crippen LogP contribution < -0.4 is 0 Å². The Labute approximate surface area is 52.1 Å². The Bertz CT molecular complexity index is 60.0. The Morgan fingerprint density at radius 2 is 2.43 bits per heavy atom. The summed E-state index contributed by atoms with van der Waals surface area (Å²) in [6.45, 7) is 2.24. The van der Waals surface area contributed by atoms with Crippen LogP contribution in [0.25, 0.3) is 0 Å². The molecule has 0 saturated heterocycles. The number of rotatable bonds is 3. The molecule has 0 aliphatic rings. The number of hydrogen-bond donors (Lipinski definition) is 0. The Hall–Kier alpha value is 1.59. The minimum absolute atomic E-state index is 0.111. The summed E-state index contributed by atoms with van der Waals surface area (Å²) < 4.78 is 0. The molecular formula is C3H12P4. The third-order valence-corrected chi connectivity index (χ3v) is 13.0. The molecule has 0 radical (unpaired) electrons. The summed E-state index contributed by atoms with van der Waals surface area (Å²) >= 11 is 0. The fourth-order valence-corrected chi connectivity index (χ4v) is 10.7. The van der Waals surface area contributed by atoms with Gasteiger partial charge in [-0.25, -0.2) is 0 Å². The van der Waals surface area contributed by atoms with Crippen molar-refractivity contribution in [1.82, 2.24) is 0 Å². The second kappa shape index (κ2) is 5.72. The van der Waals surface area contributed by atoms with Gasteiger partial charge in [-0.3, -0.25) is 0 Å². The molecule has 0 heterocycles. The second-order valence-electron chi connectivity index (χ2n) is 1.23. The fourth-order valence-electron chi connectivity index (χ4n) is 0.190. The van der Waals surface area contributed by atoms with Crippen molar-refractivity contribution in [3.05, 3.63) is 0 Å². The molecular weight excluding hydrogens is 160 g/mol. The standard InChI is InChI=1S/C3H12P4/c1-3-7(2)6-5-4/h5-7H,2-4H2,1H3. The van der Waals surface area contributed by atoms with Gasteiger partial charge in [0.2, 0.25) is 0 Å². The minimum atomic E-state index is -0.111. The molecule has 44 valence electrons. The van der Waals surface area contributed by atoms with Crippen LogP contribution in [0.15, 0.2) is 0 Å². The van der Waals surface area contributed by atoms with E-state index in [0.717, 1.165) is 7.96 Å². The topological polar surface area (TPSA) is 0 Å². The molecule has 0 aromatic rings. The van der Waals surface area contributed by atoms with E-state index in [1.54, 1.807) is 0 Å². The van der Waals surface area contributed by atoms with Crippen molar-refractivity contribution in [1.29, 1.82) is 0 Å². The van der Waals surface area contributed by atoms with Crippen molar-refractivity contribution in [3.63, 3.8) is 0 Å². The lowest BCUT2D eigenvalue weighted by Gasteiger charge is -1.96. The first-order valence-electron chi connectivity index (χ1n) is 2.20. The Morgan fingerprint density at radius 3 is 2.57 bits per heavy atom. The zero-order valence-electron chi connectivity index (χ0n) is 4.49. The van der Waals surface area contributed by atoms with Crippen molar-refractivity contribution >= 4 is 38.4 Å². The molecule has 4 heteroatoms. The lowest BCUT2D eigenvalue weighted by Crippen LogP contribution is -1.51. The van der Waals surface area contributed by atoms with E-state index in [-0.39, 0.29) is 7.23 Å². The van der Waals surface area contributed by atoms with Crippen LogP contribution in [0.2, 0.25) is 0 Å². The van der Waals surface area contributed by atoms with Crippen LogP contribution in [0.3, 0.4) is 0 Å². The van der Waals surface area contributed by atoms with Gasteiger partial charge in [0.1, 0.15) is 0 Å². The van der Waals surface area contributed by atoms with Gasteiger partial charge in [-0.2, -0.15) is 0 Å². The van der Waals surface area contributed by atoms with Crippen LogP contribution >= 0.6 is 32.1 Å². The maximum absolute atomic E-state index is 4.05. The van der Waals surface area contributed by atoms with Crippen molar-refractivity contribution in [3.8, 4) is 0 Å². The van der Waals surface area contributed by atoms with Crippen LogP contribution in [0.5, 0.6) is 0 Å². The Morgan fingerprint density at radius 1 is 1.86 bits per heavy atom. The Balaban J connectivity index is 3.00. The van der Waals surface area contributed by atoms with Gasteiger partial charge in [-0.15, -0.1) is 16.2 Å².